The molecule has 0 aromatic heterocycles. The van der Waals surface area contributed by atoms with Crippen LogP contribution in [0.15, 0.2) is 35.5 Å². The van der Waals surface area contributed by atoms with Crippen molar-refractivity contribution < 1.29 is 29.4 Å². The number of carbonyl (C=O) groups excluding carboxylic acids is 3. The van der Waals surface area contributed by atoms with E-state index < -0.39 is 35.2 Å². The van der Waals surface area contributed by atoms with Crippen LogP contribution in [-0.4, -0.2) is 63.5 Å². The first-order chi connectivity index (χ1) is 13.7. The predicted molar refractivity (Wildman–Crippen MR) is 106 cm³/mol. The Morgan fingerprint density at radius 3 is 2.45 bits per heavy atom. The Balaban J connectivity index is 0.000000687. The zero-order valence-electron chi connectivity index (χ0n) is 15.8. The van der Waals surface area contributed by atoms with Gasteiger partial charge in [0, 0.05) is 12.8 Å². The highest BCUT2D eigenvalue weighted by molar-refractivity contribution is 8.00. The molecule has 2 heterocycles. The van der Waals surface area contributed by atoms with Gasteiger partial charge in [-0.3, -0.25) is 19.3 Å². The third kappa shape index (κ3) is 4.69. The summed E-state index contributed by atoms with van der Waals surface area (Å²) in [4.78, 5) is 46.3. The summed E-state index contributed by atoms with van der Waals surface area (Å²) in [5.41, 5.74) is 7.00. The largest absolute Gasteiger partial charge is 0.508 e. The van der Waals surface area contributed by atoms with Crippen LogP contribution in [0, 0.1) is 0 Å². The summed E-state index contributed by atoms with van der Waals surface area (Å²) in [7, 11) is 1.56. The quantitative estimate of drug-likeness (QED) is 0.314. The van der Waals surface area contributed by atoms with Gasteiger partial charge in [0.05, 0.1) is 0 Å². The number of β-lactam (4-membered cyclic amide) rings is 1. The standard InChI is InChI=1S/C16H17N3O5S.C2H5NO/c1-7-6-25-15-11(14(22)19(15)12(7)16(23)24)18-13(21)10(17)8-2-4-9(20)5-3-8;1-3-2-4/h2-5,10-11,15,20H,6,17H2,1H3,(H,18,21)(H,23,24);2H,1H3,(H,3,4)/t10-,11-,15-;/m1./s1. The van der Waals surface area contributed by atoms with E-state index in [1.807, 2.05) is 0 Å². The van der Waals surface area contributed by atoms with E-state index in [0.717, 1.165) is 0 Å². The summed E-state index contributed by atoms with van der Waals surface area (Å²) in [6.07, 6.45) is 0.625. The van der Waals surface area contributed by atoms with E-state index in [0.29, 0.717) is 23.3 Å². The van der Waals surface area contributed by atoms with Crippen LogP contribution in [0.4, 0.5) is 0 Å². The van der Waals surface area contributed by atoms with Crippen LogP contribution < -0.4 is 16.4 Å². The number of hydrogen-bond donors (Lipinski definition) is 5. The second-order valence-electron chi connectivity index (χ2n) is 6.31. The number of amides is 3. The molecule has 0 spiro atoms. The Hall–Kier alpha value is -3.05. The molecule has 2 aliphatic rings. The Morgan fingerprint density at radius 1 is 1.34 bits per heavy atom. The molecule has 0 aliphatic carbocycles. The second-order valence-corrected chi connectivity index (χ2v) is 7.41. The minimum Gasteiger partial charge on any atom is -0.508 e. The molecule has 11 heteroatoms. The lowest BCUT2D eigenvalue weighted by Gasteiger charge is -2.49. The molecule has 0 saturated carbocycles. The number of benzene rings is 1. The maximum Gasteiger partial charge on any atom is 0.352 e. The van der Waals surface area contributed by atoms with Crippen molar-refractivity contribution in [1.82, 2.24) is 15.5 Å². The topological polar surface area (TPSA) is 162 Å². The van der Waals surface area contributed by atoms with Gasteiger partial charge in [-0.1, -0.05) is 12.1 Å². The monoisotopic (exact) mass is 422 g/mol. The molecule has 1 fully saturated rings. The molecule has 2 aliphatic heterocycles. The van der Waals surface area contributed by atoms with Gasteiger partial charge in [-0.25, -0.2) is 4.79 Å². The van der Waals surface area contributed by atoms with E-state index in [9.17, 15) is 24.6 Å². The van der Waals surface area contributed by atoms with Crippen LogP contribution in [0.25, 0.3) is 0 Å². The van der Waals surface area contributed by atoms with E-state index in [2.05, 4.69) is 10.6 Å². The lowest BCUT2D eigenvalue weighted by molar-refractivity contribution is -0.150. The highest BCUT2D eigenvalue weighted by atomic mass is 32.2. The van der Waals surface area contributed by atoms with Gasteiger partial charge in [0.15, 0.2) is 0 Å². The number of carboxylic acids is 1. The van der Waals surface area contributed by atoms with Gasteiger partial charge in [-0.05, 0) is 30.2 Å². The number of nitrogens with one attached hydrogen (secondary N) is 2. The molecular formula is C18H22N4O6S. The second kappa shape index (κ2) is 9.43. The van der Waals surface area contributed by atoms with Gasteiger partial charge in [0.2, 0.25) is 12.3 Å². The number of aliphatic carboxylic acids is 1. The molecule has 156 valence electrons. The number of nitrogens with zero attached hydrogens (tertiary/aromatic N) is 1. The summed E-state index contributed by atoms with van der Waals surface area (Å²) in [6, 6.07) is 4.09. The van der Waals surface area contributed by atoms with Gasteiger partial charge in [-0.15, -0.1) is 11.8 Å². The van der Waals surface area contributed by atoms with Gasteiger partial charge in [0.1, 0.15) is 28.9 Å². The lowest BCUT2D eigenvalue weighted by Crippen LogP contribution is -2.71. The van der Waals surface area contributed by atoms with Crippen molar-refractivity contribution in [2.45, 2.75) is 24.4 Å². The van der Waals surface area contributed by atoms with Gasteiger partial charge >= 0.3 is 5.97 Å². The first-order valence-electron chi connectivity index (χ1n) is 8.56. The highest BCUT2D eigenvalue weighted by Crippen LogP contribution is 2.40. The molecule has 0 radical (unpaired) electrons. The van der Waals surface area contributed by atoms with Gasteiger partial charge < -0.3 is 26.6 Å². The Labute approximate surface area is 171 Å². The van der Waals surface area contributed by atoms with E-state index in [4.69, 9.17) is 10.5 Å². The molecule has 3 rings (SSSR count). The SMILES string of the molecule is CC1=C(C(=O)O)N2C(=O)[C@@H](NC(=O)[C@H](N)c3ccc(O)cc3)[C@H]2SC1.CNC=O. The number of nitrogens with two attached hydrogens (primary N) is 1. The molecule has 29 heavy (non-hydrogen) atoms. The van der Waals surface area contributed by atoms with E-state index in [1.165, 1.54) is 40.9 Å². The third-order valence-electron chi connectivity index (χ3n) is 4.31. The van der Waals surface area contributed by atoms with E-state index in [1.54, 1.807) is 14.0 Å². The summed E-state index contributed by atoms with van der Waals surface area (Å²) in [5.74, 6) is -1.61. The number of thioether (sulfide) groups is 1. The summed E-state index contributed by atoms with van der Waals surface area (Å²) in [5, 5.41) is 23.0. The smallest absolute Gasteiger partial charge is 0.352 e. The fourth-order valence-electron chi connectivity index (χ4n) is 2.85. The summed E-state index contributed by atoms with van der Waals surface area (Å²) >= 11 is 1.40. The number of phenolic OH excluding ortho intramolecular Hbond substituents is 1. The van der Waals surface area contributed by atoms with Crippen LogP contribution in [0.2, 0.25) is 0 Å². The van der Waals surface area contributed by atoms with Crippen LogP contribution in [0.1, 0.15) is 18.5 Å². The Kier molecular flexibility index (Phi) is 7.23. The lowest BCUT2D eigenvalue weighted by atomic mass is 10.0. The van der Waals surface area contributed by atoms with Gasteiger partial charge in [0.25, 0.3) is 5.91 Å². The predicted octanol–water partition coefficient (Wildman–Crippen LogP) is -0.487. The van der Waals surface area contributed by atoms with Crippen molar-refractivity contribution in [2.75, 3.05) is 12.8 Å². The van der Waals surface area contributed by atoms with E-state index >= 15 is 0 Å². The molecule has 0 unspecified atom stereocenters. The Bertz CT molecular complexity index is 841. The average Bonchev–Trinajstić information content (AvgIpc) is 2.71. The summed E-state index contributed by atoms with van der Waals surface area (Å²) < 4.78 is 0. The normalized spacial score (nSPS) is 21.1. The number of rotatable bonds is 5. The minimum atomic E-state index is -1.15. The Morgan fingerprint density at radius 2 is 1.93 bits per heavy atom. The maximum absolute atomic E-state index is 12.3. The van der Waals surface area contributed by atoms with Crippen molar-refractivity contribution in [3.63, 3.8) is 0 Å². The zero-order valence-corrected chi connectivity index (χ0v) is 16.6. The van der Waals surface area contributed by atoms with Crippen LogP contribution >= 0.6 is 11.8 Å². The molecular weight excluding hydrogens is 400 g/mol. The van der Waals surface area contributed by atoms with E-state index in [-0.39, 0.29) is 11.4 Å². The first-order valence-corrected chi connectivity index (χ1v) is 9.61. The number of hydrogen-bond acceptors (Lipinski definition) is 7. The molecule has 0 bridgehead atoms. The zero-order chi connectivity index (χ0) is 21.7. The first kappa shape index (κ1) is 22.2. The van der Waals surface area contributed by atoms with Crippen molar-refractivity contribution in [3.05, 3.63) is 41.1 Å². The molecule has 3 amide bonds. The number of carboxylic acid groups (broad SMARTS) is 1. The highest BCUT2D eigenvalue weighted by Gasteiger charge is 2.53. The van der Waals surface area contributed by atoms with Gasteiger partial charge in [-0.2, -0.15) is 0 Å². The van der Waals surface area contributed by atoms with Crippen LogP contribution in [0.3, 0.4) is 0 Å². The van der Waals surface area contributed by atoms with Crippen molar-refractivity contribution in [3.8, 4) is 5.75 Å². The average molecular weight is 422 g/mol. The minimum absolute atomic E-state index is 0.0120. The maximum atomic E-state index is 12.3. The van der Waals surface area contributed by atoms with Crippen molar-refractivity contribution in [1.29, 1.82) is 0 Å². The molecule has 6 N–H and O–H groups in total. The number of carbonyl (C=O) groups is 4. The molecule has 1 saturated heterocycles. The fourth-order valence-corrected chi connectivity index (χ4v) is 4.14. The molecule has 1 aromatic rings. The number of fused-ring (bicyclic) bond motifs is 1. The number of phenols is 1. The number of aromatic hydroxyl groups is 1. The van der Waals surface area contributed by atoms with Crippen molar-refractivity contribution >= 4 is 36.0 Å². The molecule has 3 atom stereocenters. The van der Waals surface area contributed by atoms with Crippen LogP contribution in [-0.2, 0) is 19.2 Å². The van der Waals surface area contributed by atoms with Crippen LogP contribution in [0.5, 0.6) is 5.75 Å². The summed E-state index contributed by atoms with van der Waals surface area (Å²) in [6.45, 7) is 1.67. The fraction of sp³-hybridized carbons (Fsp3) is 0.333. The third-order valence-corrected chi connectivity index (χ3v) is 5.74. The molecule has 1 aromatic carbocycles. The molecule has 10 nitrogen and oxygen atoms in total. The van der Waals surface area contributed by atoms with Crippen molar-refractivity contribution in [2.24, 2.45) is 5.73 Å².